The minimum Gasteiger partial charge on any atom is -0.303 e. The molecular formula is C11H8ClFN6O. The first kappa shape index (κ1) is 12.7. The van der Waals surface area contributed by atoms with Gasteiger partial charge in [-0.1, -0.05) is 0 Å². The fourth-order valence-corrected chi connectivity index (χ4v) is 2.04. The van der Waals surface area contributed by atoms with Crippen LogP contribution in [0, 0.1) is 5.82 Å². The van der Waals surface area contributed by atoms with Gasteiger partial charge in [-0.05, 0) is 18.5 Å². The van der Waals surface area contributed by atoms with Crippen molar-refractivity contribution in [3.05, 3.63) is 46.0 Å². The predicted molar refractivity (Wildman–Crippen MR) is 69.0 cm³/mol. The van der Waals surface area contributed by atoms with Crippen LogP contribution in [0.2, 0.25) is 5.28 Å². The van der Waals surface area contributed by atoms with Crippen LogP contribution in [0.1, 0.15) is 18.8 Å². The van der Waals surface area contributed by atoms with Crippen LogP contribution in [-0.2, 0) is 0 Å². The largest absolute Gasteiger partial charge is 0.328 e. The predicted octanol–water partition coefficient (Wildman–Crippen LogP) is 1.31. The molecule has 102 valence electrons. The standard InChI is InChI=1S/C11H8ClFN6O/c1-5(8-14-2-6(13)3-15-8)19-9-7(17-11(19)20)4-16-10(12)18-9/h2-5H,1H3,(H,17,20)/t5-/m1/s1. The minimum atomic E-state index is -0.544. The second kappa shape index (κ2) is 4.64. The molecule has 0 aliphatic rings. The zero-order chi connectivity index (χ0) is 14.3. The van der Waals surface area contributed by atoms with Crippen molar-refractivity contribution in [2.24, 2.45) is 0 Å². The SMILES string of the molecule is C[C@H](c1ncc(F)cn1)n1c(=O)[nH]c2cnc(Cl)nc21. The van der Waals surface area contributed by atoms with E-state index in [2.05, 4.69) is 24.9 Å². The molecule has 0 aromatic carbocycles. The van der Waals surface area contributed by atoms with E-state index in [1.54, 1.807) is 6.92 Å². The van der Waals surface area contributed by atoms with Crippen LogP contribution in [0.25, 0.3) is 11.2 Å². The molecule has 20 heavy (non-hydrogen) atoms. The summed E-state index contributed by atoms with van der Waals surface area (Å²) in [5, 5.41) is 0.0254. The van der Waals surface area contributed by atoms with Crippen LogP contribution in [0.15, 0.2) is 23.4 Å². The highest BCUT2D eigenvalue weighted by molar-refractivity contribution is 6.28. The van der Waals surface area contributed by atoms with Gasteiger partial charge in [0.15, 0.2) is 17.3 Å². The smallest absolute Gasteiger partial charge is 0.303 e. The van der Waals surface area contributed by atoms with Crippen LogP contribution < -0.4 is 5.69 Å². The lowest BCUT2D eigenvalue weighted by Gasteiger charge is -2.11. The quantitative estimate of drug-likeness (QED) is 0.720. The van der Waals surface area contributed by atoms with Gasteiger partial charge in [-0.2, -0.15) is 4.98 Å². The number of H-pyrrole nitrogens is 1. The second-order valence-corrected chi connectivity index (χ2v) is 4.45. The van der Waals surface area contributed by atoms with Crippen molar-refractivity contribution in [2.45, 2.75) is 13.0 Å². The summed E-state index contributed by atoms with van der Waals surface area (Å²) in [6, 6.07) is -0.525. The lowest BCUT2D eigenvalue weighted by atomic mass is 10.3. The lowest BCUT2D eigenvalue weighted by Crippen LogP contribution is -2.23. The third kappa shape index (κ3) is 2.03. The van der Waals surface area contributed by atoms with Crippen molar-refractivity contribution in [1.29, 1.82) is 0 Å². The van der Waals surface area contributed by atoms with Crippen molar-refractivity contribution in [3.8, 4) is 0 Å². The molecule has 0 spiro atoms. The van der Waals surface area contributed by atoms with Crippen molar-refractivity contribution in [1.82, 2.24) is 29.5 Å². The molecule has 0 saturated carbocycles. The number of hydrogen-bond donors (Lipinski definition) is 1. The summed E-state index contributed by atoms with van der Waals surface area (Å²) < 4.78 is 14.2. The average Bonchev–Trinajstić information content (AvgIpc) is 2.74. The van der Waals surface area contributed by atoms with Gasteiger partial charge in [0.2, 0.25) is 5.28 Å². The van der Waals surface area contributed by atoms with E-state index in [4.69, 9.17) is 11.6 Å². The molecular weight excluding hydrogens is 287 g/mol. The van der Waals surface area contributed by atoms with Gasteiger partial charge in [0, 0.05) is 0 Å². The third-order valence-electron chi connectivity index (χ3n) is 2.83. The Kier molecular flexibility index (Phi) is 2.94. The maximum Gasteiger partial charge on any atom is 0.328 e. The number of fused-ring (bicyclic) bond motifs is 1. The number of aromatic amines is 1. The molecule has 7 nitrogen and oxygen atoms in total. The molecule has 0 radical (unpaired) electrons. The Labute approximate surface area is 116 Å². The highest BCUT2D eigenvalue weighted by Crippen LogP contribution is 2.17. The molecule has 3 rings (SSSR count). The van der Waals surface area contributed by atoms with Crippen LogP contribution >= 0.6 is 11.6 Å². The zero-order valence-corrected chi connectivity index (χ0v) is 11.0. The van der Waals surface area contributed by atoms with Gasteiger partial charge in [0.05, 0.1) is 24.6 Å². The van der Waals surface area contributed by atoms with Crippen LogP contribution in [0.3, 0.4) is 0 Å². The van der Waals surface area contributed by atoms with E-state index in [0.717, 1.165) is 12.4 Å². The number of hydrogen-bond acceptors (Lipinski definition) is 5. The van der Waals surface area contributed by atoms with Crippen molar-refractivity contribution in [2.75, 3.05) is 0 Å². The molecule has 0 saturated heterocycles. The van der Waals surface area contributed by atoms with Crippen LogP contribution in [0.5, 0.6) is 0 Å². The maximum atomic E-state index is 12.8. The number of rotatable bonds is 2. The maximum absolute atomic E-state index is 12.8. The van der Waals surface area contributed by atoms with Gasteiger partial charge < -0.3 is 4.98 Å². The molecule has 1 atom stereocenters. The Morgan fingerprint density at radius 3 is 2.70 bits per heavy atom. The Morgan fingerprint density at radius 2 is 2.00 bits per heavy atom. The van der Waals surface area contributed by atoms with Gasteiger partial charge in [0.25, 0.3) is 0 Å². The molecule has 3 aromatic rings. The number of halogens is 2. The highest BCUT2D eigenvalue weighted by Gasteiger charge is 2.18. The average molecular weight is 295 g/mol. The summed E-state index contributed by atoms with van der Waals surface area (Å²) >= 11 is 5.74. The topological polar surface area (TPSA) is 89.4 Å². The van der Waals surface area contributed by atoms with E-state index in [0.29, 0.717) is 17.0 Å². The molecule has 9 heteroatoms. The van der Waals surface area contributed by atoms with E-state index >= 15 is 0 Å². The van der Waals surface area contributed by atoms with Crippen LogP contribution in [-0.4, -0.2) is 29.5 Å². The Balaban J connectivity index is 2.18. The van der Waals surface area contributed by atoms with E-state index in [1.807, 2.05) is 0 Å². The fraction of sp³-hybridized carbons (Fsp3) is 0.182. The van der Waals surface area contributed by atoms with Crippen molar-refractivity contribution in [3.63, 3.8) is 0 Å². The zero-order valence-electron chi connectivity index (χ0n) is 10.2. The Hall–Kier alpha value is -2.35. The first-order chi connectivity index (χ1) is 9.56. The fourth-order valence-electron chi connectivity index (χ4n) is 1.91. The molecule has 0 bridgehead atoms. The Morgan fingerprint density at radius 1 is 1.30 bits per heavy atom. The van der Waals surface area contributed by atoms with Gasteiger partial charge in [-0.15, -0.1) is 0 Å². The normalized spacial score (nSPS) is 12.8. The lowest BCUT2D eigenvalue weighted by molar-refractivity contribution is 0.567. The summed E-state index contributed by atoms with van der Waals surface area (Å²) in [6.07, 6.45) is 3.50. The summed E-state index contributed by atoms with van der Waals surface area (Å²) in [5.74, 6) is -0.248. The molecule has 0 aliphatic heterocycles. The van der Waals surface area contributed by atoms with E-state index in [9.17, 15) is 9.18 Å². The van der Waals surface area contributed by atoms with Crippen molar-refractivity contribution < 1.29 is 4.39 Å². The van der Waals surface area contributed by atoms with Gasteiger partial charge in [-0.3, -0.25) is 4.57 Å². The van der Waals surface area contributed by atoms with Crippen molar-refractivity contribution >= 4 is 22.8 Å². The molecule has 1 N–H and O–H groups in total. The van der Waals surface area contributed by atoms with E-state index in [1.165, 1.54) is 10.8 Å². The number of nitrogens with one attached hydrogen (secondary N) is 1. The van der Waals surface area contributed by atoms with Gasteiger partial charge in [0.1, 0.15) is 5.52 Å². The molecule has 0 unspecified atom stereocenters. The summed E-state index contributed by atoms with van der Waals surface area (Å²) in [6.45, 7) is 1.71. The second-order valence-electron chi connectivity index (χ2n) is 4.11. The number of nitrogens with zero attached hydrogens (tertiary/aromatic N) is 5. The summed E-state index contributed by atoms with van der Waals surface area (Å²) in [7, 11) is 0. The molecule has 0 fully saturated rings. The molecule has 0 amide bonds. The minimum absolute atomic E-state index is 0.0254. The van der Waals surface area contributed by atoms with E-state index in [-0.39, 0.29) is 5.28 Å². The first-order valence-electron chi connectivity index (χ1n) is 5.66. The number of aromatic nitrogens is 6. The number of imidazole rings is 1. The summed E-state index contributed by atoms with van der Waals surface area (Å²) in [5.41, 5.74) is 0.403. The first-order valence-corrected chi connectivity index (χ1v) is 6.04. The molecule has 0 aliphatic carbocycles. The molecule has 3 aromatic heterocycles. The third-order valence-corrected chi connectivity index (χ3v) is 3.01. The Bertz CT molecular complexity index is 827. The molecule has 3 heterocycles. The van der Waals surface area contributed by atoms with Gasteiger partial charge >= 0.3 is 5.69 Å². The van der Waals surface area contributed by atoms with E-state index < -0.39 is 17.5 Å². The highest BCUT2D eigenvalue weighted by atomic mass is 35.5. The monoisotopic (exact) mass is 294 g/mol. The summed E-state index contributed by atoms with van der Waals surface area (Å²) in [4.78, 5) is 30.2. The van der Waals surface area contributed by atoms with Gasteiger partial charge in [-0.25, -0.2) is 24.1 Å². The van der Waals surface area contributed by atoms with Crippen LogP contribution in [0.4, 0.5) is 4.39 Å².